The van der Waals surface area contributed by atoms with Crippen molar-refractivity contribution in [2.24, 2.45) is 0 Å². The lowest BCUT2D eigenvalue weighted by Gasteiger charge is -2.24. The van der Waals surface area contributed by atoms with Gasteiger partial charge < -0.3 is 9.84 Å². The van der Waals surface area contributed by atoms with Crippen LogP contribution in [0.2, 0.25) is 0 Å². The van der Waals surface area contributed by atoms with Gasteiger partial charge in [0.2, 0.25) is 0 Å². The number of ether oxygens (including phenoxy) is 1. The molecule has 94 valence electrons. The second kappa shape index (κ2) is 5.93. The molecule has 1 N–H and O–H groups in total. The van der Waals surface area contributed by atoms with Crippen molar-refractivity contribution >= 4 is 0 Å². The summed E-state index contributed by atoms with van der Waals surface area (Å²) in [5.74, 6) is 0.489. The smallest absolute Gasteiger partial charge is 0.253 e. The number of rotatable bonds is 6. The van der Waals surface area contributed by atoms with Crippen molar-refractivity contribution in [2.45, 2.75) is 31.7 Å². The van der Waals surface area contributed by atoms with Crippen molar-refractivity contribution in [1.82, 2.24) is 9.55 Å². The minimum Gasteiger partial charge on any atom is -0.394 e. The molecule has 1 aromatic heterocycles. The summed E-state index contributed by atoms with van der Waals surface area (Å²) >= 11 is 0. The molecular formula is C12H18N2O3. The summed E-state index contributed by atoms with van der Waals surface area (Å²) in [6.07, 6.45) is 5.13. The topological polar surface area (TPSA) is 64.4 Å². The summed E-state index contributed by atoms with van der Waals surface area (Å²) in [4.78, 5) is 16.1. The number of aliphatic hydroxyl groups excluding tert-OH is 1. The largest absolute Gasteiger partial charge is 0.394 e. The van der Waals surface area contributed by atoms with Crippen LogP contribution in [0.25, 0.3) is 0 Å². The zero-order chi connectivity index (χ0) is 12.1. The van der Waals surface area contributed by atoms with E-state index in [1.165, 1.54) is 6.42 Å². The Morgan fingerprint density at radius 3 is 2.88 bits per heavy atom. The highest BCUT2D eigenvalue weighted by atomic mass is 16.5. The van der Waals surface area contributed by atoms with Crippen LogP contribution in [-0.2, 0) is 11.3 Å². The molecule has 0 bridgehead atoms. The minimum absolute atomic E-state index is 0.00771. The standard InChI is InChI=1S/C12H18N2O3/c15-5-7-17-6-4-14-9-13-11(8-12(14)16)10-2-1-3-10/h8-10,15H,1-7H2. The van der Waals surface area contributed by atoms with Gasteiger partial charge in [0.05, 0.1) is 38.4 Å². The van der Waals surface area contributed by atoms with E-state index in [2.05, 4.69) is 4.98 Å². The van der Waals surface area contributed by atoms with Gasteiger partial charge in [-0.1, -0.05) is 6.42 Å². The molecule has 1 fully saturated rings. The molecule has 1 aliphatic carbocycles. The Morgan fingerprint density at radius 2 is 2.29 bits per heavy atom. The van der Waals surface area contributed by atoms with E-state index >= 15 is 0 Å². The summed E-state index contributed by atoms with van der Waals surface area (Å²) in [6.45, 7) is 1.22. The van der Waals surface area contributed by atoms with Crippen LogP contribution in [-0.4, -0.2) is 34.5 Å². The molecule has 1 aromatic rings. The molecule has 5 nitrogen and oxygen atoms in total. The Kier molecular flexibility index (Phi) is 4.28. The van der Waals surface area contributed by atoms with Crippen molar-refractivity contribution in [2.75, 3.05) is 19.8 Å². The third kappa shape index (κ3) is 3.14. The normalized spacial score (nSPS) is 15.8. The fourth-order valence-corrected chi connectivity index (χ4v) is 1.86. The molecule has 0 amide bonds. The van der Waals surface area contributed by atoms with Gasteiger partial charge in [0.15, 0.2) is 0 Å². The lowest BCUT2D eigenvalue weighted by molar-refractivity contribution is 0.0863. The van der Waals surface area contributed by atoms with Crippen LogP contribution >= 0.6 is 0 Å². The molecular weight excluding hydrogens is 220 g/mol. The van der Waals surface area contributed by atoms with Gasteiger partial charge in [-0.3, -0.25) is 9.36 Å². The quantitative estimate of drug-likeness (QED) is 0.734. The van der Waals surface area contributed by atoms with E-state index in [1.807, 2.05) is 0 Å². The van der Waals surface area contributed by atoms with Crippen molar-refractivity contribution in [1.29, 1.82) is 0 Å². The Labute approximate surface area is 100 Å². The molecule has 1 aliphatic rings. The van der Waals surface area contributed by atoms with Crippen LogP contribution < -0.4 is 5.56 Å². The Balaban J connectivity index is 1.92. The van der Waals surface area contributed by atoms with E-state index in [-0.39, 0.29) is 12.2 Å². The average Bonchev–Trinajstić information content (AvgIpc) is 2.24. The Bertz CT molecular complexity index is 412. The van der Waals surface area contributed by atoms with Crippen LogP contribution in [0.4, 0.5) is 0 Å². The SMILES string of the molecule is O=c1cc(C2CCC2)ncn1CCOCCO. The minimum atomic E-state index is -0.0190. The highest BCUT2D eigenvalue weighted by Crippen LogP contribution is 2.34. The summed E-state index contributed by atoms with van der Waals surface area (Å²) in [5.41, 5.74) is 0.906. The molecule has 0 spiro atoms. The molecule has 1 saturated carbocycles. The van der Waals surface area contributed by atoms with Crippen LogP contribution in [0.15, 0.2) is 17.2 Å². The second-order valence-electron chi connectivity index (χ2n) is 4.31. The monoisotopic (exact) mass is 238 g/mol. The maximum absolute atomic E-state index is 11.8. The summed E-state index contributed by atoms with van der Waals surface area (Å²) in [7, 11) is 0. The predicted molar refractivity (Wildman–Crippen MR) is 63.0 cm³/mol. The van der Waals surface area contributed by atoms with Gasteiger partial charge in [0.25, 0.3) is 5.56 Å². The molecule has 0 aliphatic heterocycles. The van der Waals surface area contributed by atoms with Gasteiger partial charge in [-0.05, 0) is 12.8 Å². The lowest BCUT2D eigenvalue weighted by atomic mass is 9.83. The molecule has 17 heavy (non-hydrogen) atoms. The molecule has 0 unspecified atom stereocenters. The van der Waals surface area contributed by atoms with Crippen molar-refractivity contribution in [3.05, 3.63) is 28.4 Å². The second-order valence-corrected chi connectivity index (χ2v) is 4.31. The van der Waals surface area contributed by atoms with Crippen molar-refractivity contribution in [3.63, 3.8) is 0 Å². The first-order valence-corrected chi connectivity index (χ1v) is 6.06. The van der Waals surface area contributed by atoms with Gasteiger partial charge in [0, 0.05) is 12.0 Å². The summed E-state index contributed by atoms with van der Waals surface area (Å²) in [6, 6.07) is 1.63. The highest BCUT2D eigenvalue weighted by Gasteiger charge is 2.21. The maximum Gasteiger partial charge on any atom is 0.253 e. The van der Waals surface area contributed by atoms with Gasteiger partial charge >= 0.3 is 0 Å². The fraction of sp³-hybridized carbons (Fsp3) is 0.667. The van der Waals surface area contributed by atoms with Crippen molar-refractivity contribution < 1.29 is 9.84 Å². The summed E-state index contributed by atoms with van der Waals surface area (Å²) in [5, 5.41) is 8.54. The Morgan fingerprint density at radius 1 is 1.47 bits per heavy atom. The van der Waals surface area contributed by atoms with Gasteiger partial charge in [0.1, 0.15) is 0 Å². The first kappa shape index (κ1) is 12.3. The lowest BCUT2D eigenvalue weighted by Crippen LogP contribution is -2.24. The van der Waals surface area contributed by atoms with E-state index < -0.39 is 0 Å². The van der Waals surface area contributed by atoms with E-state index in [9.17, 15) is 4.79 Å². The molecule has 0 saturated heterocycles. The van der Waals surface area contributed by atoms with Crippen LogP contribution in [0, 0.1) is 0 Å². The molecule has 5 heteroatoms. The number of hydrogen-bond donors (Lipinski definition) is 1. The van der Waals surface area contributed by atoms with Crippen LogP contribution in [0.5, 0.6) is 0 Å². The molecule has 0 radical (unpaired) electrons. The van der Waals surface area contributed by atoms with Crippen LogP contribution in [0.3, 0.4) is 0 Å². The van der Waals surface area contributed by atoms with Crippen LogP contribution in [0.1, 0.15) is 30.9 Å². The number of aliphatic hydroxyl groups is 1. The molecule has 0 atom stereocenters. The third-order valence-electron chi connectivity index (χ3n) is 3.14. The van der Waals surface area contributed by atoms with E-state index in [4.69, 9.17) is 9.84 Å². The first-order chi connectivity index (χ1) is 8.31. The summed E-state index contributed by atoms with van der Waals surface area (Å²) < 4.78 is 6.66. The zero-order valence-corrected chi connectivity index (χ0v) is 9.84. The molecule has 0 aromatic carbocycles. The fourth-order valence-electron chi connectivity index (χ4n) is 1.86. The van der Waals surface area contributed by atoms with E-state index in [1.54, 1.807) is 17.0 Å². The highest BCUT2D eigenvalue weighted by molar-refractivity contribution is 5.09. The maximum atomic E-state index is 11.8. The number of hydrogen-bond acceptors (Lipinski definition) is 4. The number of nitrogens with zero attached hydrogens (tertiary/aromatic N) is 2. The third-order valence-corrected chi connectivity index (χ3v) is 3.14. The molecule has 2 rings (SSSR count). The molecule has 1 heterocycles. The van der Waals surface area contributed by atoms with E-state index in [0.29, 0.717) is 25.7 Å². The Hall–Kier alpha value is -1.20. The van der Waals surface area contributed by atoms with Gasteiger partial charge in [-0.15, -0.1) is 0 Å². The predicted octanol–water partition coefficient (Wildman–Crippen LogP) is 0.520. The van der Waals surface area contributed by atoms with Crippen molar-refractivity contribution in [3.8, 4) is 0 Å². The van der Waals surface area contributed by atoms with E-state index in [0.717, 1.165) is 18.5 Å². The average molecular weight is 238 g/mol. The number of aromatic nitrogens is 2. The van der Waals surface area contributed by atoms with Gasteiger partial charge in [-0.25, -0.2) is 4.98 Å². The first-order valence-electron chi connectivity index (χ1n) is 6.06. The zero-order valence-electron chi connectivity index (χ0n) is 9.84. The van der Waals surface area contributed by atoms with Gasteiger partial charge in [-0.2, -0.15) is 0 Å².